The van der Waals surface area contributed by atoms with Crippen LogP contribution in [-0.4, -0.2) is 15.1 Å². The maximum atomic E-state index is 9.09. The van der Waals surface area contributed by atoms with E-state index in [9.17, 15) is 0 Å². The van der Waals surface area contributed by atoms with Gasteiger partial charge in [0.1, 0.15) is 5.75 Å². The molecule has 94 valence electrons. The fourth-order valence-electron chi connectivity index (χ4n) is 1.82. The third-order valence-electron chi connectivity index (χ3n) is 2.73. The van der Waals surface area contributed by atoms with Crippen LogP contribution in [0.1, 0.15) is 5.56 Å². The molecule has 0 unspecified atom stereocenters. The quantitative estimate of drug-likeness (QED) is 0.778. The third kappa shape index (κ3) is 2.53. The van der Waals surface area contributed by atoms with Gasteiger partial charge in [-0.2, -0.15) is 0 Å². The standard InChI is InChI=1S/C15H12N2O2/c18-10-11-4-3-5-12(8-11)19-15-9-16-13-6-1-2-7-14(13)17-15/h1-9,18H,10H2. The van der Waals surface area contributed by atoms with E-state index in [1.54, 1.807) is 12.3 Å². The van der Waals surface area contributed by atoms with Gasteiger partial charge in [0, 0.05) is 0 Å². The lowest BCUT2D eigenvalue weighted by atomic mass is 10.2. The van der Waals surface area contributed by atoms with Gasteiger partial charge in [-0.25, -0.2) is 9.97 Å². The van der Waals surface area contributed by atoms with Crippen LogP contribution in [0.25, 0.3) is 11.0 Å². The first-order chi connectivity index (χ1) is 9.35. The number of aliphatic hydroxyl groups is 1. The van der Waals surface area contributed by atoms with E-state index in [0.29, 0.717) is 11.6 Å². The molecule has 3 rings (SSSR count). The van der Waals surface area contributed by atoms with E-state index in [1.165, 1.54) is 0 Å². The Labute approximate surface area is 110 Å². The zero-order chi connectivity index (χ0) is 13.1. The van der Waals surface area contributed by atoms with E-state index >= 15 is 0 Å². The average Bonchev–Trinajstić information content (AvgIpc) is 2.47. The molecule has 4 nitrogen and oxygen atoms in total. The minimum atomic E-state index is -0.0133. The molecule has 2 aromatic carbocycles. The van der Waals surface area contributed by atoms with E-state index in [1.807, 2.05) is 42.5 Å². The molecule has 19 heavy (non-hydrogen) atoms. The van der Waals surface area contributed by atoms with Gasteiger partial charge in [-0.15, -0.1) is 0 Å². The molecule has 0 aliphatic carbocycles. The van der Waals surface area contributed by atoms with Crippen molar-refractivity contribution in [3.05, 3.63) is 60.3 Å². The van der Waals surface area contributed by atoms with Crippen molar-refractivity contribution in [2.24, 2.45) is 0 Å². The van der Waals surface area contributed by atoms with Crippen LogP contribution in [0.4, 0.5) is 0 Å². The van der Waals surface area contributed by atoms with Crippen LogP contribution < -0.4 is 4.74 Å². The van der Waals surface area contributed by atoms with Crippen LogP contribution >= 0.6 is 0 Å². The molecule has 1 N–H and O–H groups in total. The molecule has 0 spiro atoms. The monoisotopic (exact) mass is 252 g/mol. The summed E-state index contributed by atoms with van der Waals surface area (Å²) in [7, 11) is 0. The Morgan fingerprint density at radius 1 is 1.00 bits per heavy atom. The second-order valence-electron chi connectivity index (χ2n) is 4.10. The van der Waals surface area contributed by atoms with Gasteiger partial charge in [0.2, 0.25) is 5.88 Å². The molecule has 4 heteroatoms. The van der Waals surface area contributed by atoms with Crippen molar-refractivity contribution in [2.45, 2.75) is 6.61 Å². The van der Waals surface area contributed by atoms with Gasteiger partial charge in [-0.05, 0) is 29.8 Å². The fraction of sp³-hybridized carbons (Fsp3) is 0.0667. The van der Waals surface area contributed by atoms with Gasteiger partial charge < -0.3 is 9.84 Å². The normalized spacial score (nSPS) is 10.6. The number of benzene rings is 2. The number of para-hydroxylation sites is 2. The first-order valence-corrected chi connectivity index (χ1v) is 5.94. The van der Waals surface area contributed by atoms with Crippen molar-refractivity contribution in [2.75, 3.05) is 0 Å². The lowest BCUT2D eigenvalue weighted by molar-refractivity contribution is 0.281. The summed E-state index contributed by atoms with van der Waals surface area (Å²) in [5.74, 6) is 1.07. The van der Waals surface area contributed by atoms with E-state index in [-0.39, 0.29) is 6.61 Å². The Morgan fingerprint density at radius 2 is 1.84 bits per heavy atom. The number of hydrogen-bond acceptors (Lipinski definition) is 4. The molecule has 0 atom stereocenters. The first-order valence-electron chi connectivity index (χ1n) is 5.94. The number of nitrogens with zero attached hydrogens (tertiary/aromatic N) is 2. The Morgan fingerprint density at radius 3 is 2.68 bits per heavy atom. The molecule has 0 amide bonds. The molecular formula is C15H12N2O2. The summed E-state index contributed by atoms with van der Waals surface area (Å²) < 4.78 is 5.64. The van der Waals surface area contributed by atoms with Gasteiger partial charge in [-0.1, -0.05) is 24.3 Å². The van der Waals surface area contributed by atoms with E-state index in [2.05, 4.69) is 9.97 Å². The van der Waals surface area contributed by atoms with Crippen molar-refractivity contribution in [1.82, 2.24) is 9.97 Å². The van der Waals surface area contributed by atoms with Crippen LogP contribution in [0.5, 0.6) is 11.6 Å². The summed E-state index contributed by atoms with van der Waals surface area (Å²) in [6.45, 7) is -0.0133. The molecule has 0 saturated heterocycles. The van der Waals surface area contributed by atoms with Crippen LogP contribution in [-0.2, 0) is 6.61 Å². The lowest BCUT2D eigenvalue weighted by Gasteiger charge is -2.06. The Hall–Kier alpha value is -2.46. The molecule has 0 fully saturated rings. The first kappa shape index (κ1) is 11.6. The maximum absolute atomic E-state index is 9.09. The molecule has 0 radical (unpaired) electrons. The predicted octanol–water partition coefficient (Wildman–Crippen LogP) is 2.91. The van der Waals surface area contributed by atoms with Crippen molar-refractivity contribution in [3.63, 3.8) is 0 Å². The summed E-state index contributed by atoms with van der Waals surface area (Å²) in [4.78, 5) is 8.66. The van der Waals surface area contributed by atoms with E-state index in [0.717, 1.165) is 16.6 Å². The highest BCUT2D eigenvalue weighted by molar-refractivity contribution is 5.74. The van der Waals surface area contributed by atoms with Crippen molar-refractivity contribution in [3.8, 4) is 11.6 Å². The average molecular weight is 252 g/mol. The van der Waals surface area contributed by atoms with Gasteiger partial charge in [0.15, 0.2) is 0 Å². The van der Waals surface area contributed by atoms with Crippen molar-refractivity contribution >= 4 is 11.0 Å². The summed E-state index contributed by atoms with van der Waals surface area (Å²) in [6.07, 6.45) is 1.59. The molecule has 1 aromatic heterocycles. The van der Waals surface area contributed by atoms with Crippen LogP contribution in [0.15, 0.2) is 54.7 Å². The number of hydrogen-bond donors (Lipinski definition) is 1. The van der Waals surface area contributed by atoms with Gasteiger partial charge >= 0.3 is 0 Å². The Balaban J connectivity index is 1.92. The molecule has 0 bridgehead atoms. The van der Waals surface area contributed by atoms with Gasteiger partial charge in [0.25, 0.3) is 0 Å². The number of fused-ring (bicyclic) bond motifs is 1. The van der Waals surface area contributed by atoms with Gasteiger partial charge in [0.05, 0.1) is 23.8 Å². The zero-order valence-electron chi connectivity index (χ0n) is 10.2. The molecular weight excluding hydrogens is 240 g/mol. The number of aliphatic hydroxyl groups excluding tert-OH is 1. The second kappa shape index (κ2) is 5.04. The highest BCUT2D eigenvalue weighted by atomic mass is 16.5. The Kier molecular flexibility index (Phi) is 3.08. The third-order valence-corrected chi connectivity index (χ3v) is 2.73. The summed E-state index contributed by atoms with van der Waals surface area (Å²) >= 11 is 0. The van der Waals surface area contributed by atoms with Gasteiger partial charge in [-0.3, -0.25) is 0 Å². The van der Waals surface area contributed by atoms with E-state index in [4.69, 9.17) is 9.84 Å². The van der Waals surface area contributed by atoms with Crippen molar-refractivity contribution in [1.29, 1.82) is 0 Å². The minimum absolute atomic E-state index is 0.0133. The topological polar surface area (TPSA) is 55.2 Å². The summed E-state index contributed by atoms with van der Waals surface area (Å²) in [5, 5.41) is 9.09. The smallest absolute Gasteiger partial charge is 0.238 e. The maximum Gasteiger partial charge on any atom is 0.238 e. The lowest BCUT2D eigenvalue weighted by Crippen LogP contribution is -1.91. The predicted molar refractivity (Wildman–Crippen MR) is 72.0 cm³/mol. The number of rotatable bonds is 3. The number of aromatic nitrogens is 2. The van der Waals surface area contributed by atoms with Crippen LogP contribution in [0.3, 0.4) is 0 Å². The fourth-order valence-corrected chi connectivity index (χ4v) is 1.82. The minimum Gasteiger partial charge on any atom is -0.437 e. The highest BCUT2D eigenvalue weighted by Crippen LogP contribution is 2.21. The Bertz CT molecular complexity index is 713. The molecule has 3 aromatic rings. The molecule has 0 aliphatic heterocycles. The highest BCUT2D eigenvalue weighted by Gasteiger charge is 2.02. The largest absolute Gasteiger partial charge is 0.437 e. The zero-order valence-corrected chi connectivity index (χ0v) is 10.2. The summed E-state index contributed by atoms with van der Waals surface area (Å²) in [6, 6.07) is 14.9. The second-order valence-corrected chi connectivity index (χ2v) is 4.10. The summed E-state index contributed by atoms with van der Waals surface area (Å²) in [5.41, 5.74) is 2.42. The SMILES string of the molecule is OCc1cccc(Oc2cnc3ccccc3n2)c1. The van der Waals surface area contributed by atoms with Crippen molar-refractivity contribution < 1.29 is 9.84 Å². The molecule has 0 saturated carbocycles. The molecule has 0 aliphatic rings. The molecule has 1 heterocycles. The van der Waals surface area contributed by atoms with E-state index < -0.39 is 0 Å². The van der Waals surface area contributed by atoms with Crippen LogP contribution in [0.2, 0.25) is 0 Å². The number of ether oxygens (including phenoxy) is 1. The van der Waals surface area contributed by atoms with Crippen LogP contribution in [0, 0.1) is 0 Å².